The Labute approximate surface area is 92.2 Å². The van der Waals surface area contributed by atoms with Crippen LogP contribution in [-0.4, -0.2) is 37.5 Å². The molecule has 15 heavy (non-hydrogen) atoms. The van der Waals surface area contributed by atoms with E-state index in [-0.39, 0.29) is 6.10 Å². The van der Waals surface area contributed by atoms with Crippen LogP contribution in [-0.2, 0) is 4.74 Å². The topological polar surface area (TPSA) is 41.5 Å². The first-order valence-corrected chi connectivity index (χ1v) is 6.21. The molecule has 0 heterocycles. The maximum absolute atomic E-state index is 9.51. The van der Waals surface area contributed by atoms with Gasteiger partial charge in [-0.25, -0.2) is 0 Å². The zero-order chi connectivity index (χ0) is 10.7. The van der Waals surface area contributed by atoms with Gasteiger partial charge in [0, 0.05) is 13.2 Å². The molecular weight excluding hydrogens is 190 g/mol. The van der Waals surface area contributed by atoms with Crippen LogP contribution < -0.4 is 5.32 Å². The second-order valence-electron chi connectivity index (χ2n) is 5.05. The Hall–Kier alpha value is -0.120. The molecule has 0 aromatic heterocycles. The van der Waals surface area contributed by atoms with Gasteiger partial charge in [0.05, 0.1) is 12.7 Å². The summed E-state index contributed by atoms with van der Waals surface area (Å²) in [6.07, 6.45) is 6.15. The summed E-state index contributed by atoms with van der Waals surface area (Å²) < 4.78 is 4.90. The fourth-order valence-electron chi connectivity index (χ4n) is 2.32. The van der Waals surface area contributed by atoms with Crippen LogP contribution in [0.4, 0.5) is 0 Å². The normalized spacial score (nSPS) is 23.4. The maximum atomic E-state index is 9.51. The van der Waals surface area contributed by atoms with Crippen molar-refractivity contribution in [2.75, 3.05) is 20.3 Å². The van der Waals surface area contributed by atoms with E-state index in [1.807, 2.05) is 0 Å². The molecule has 0 radical (unpaired) electrons. The van der Waals surface area contributed by atoms with Crippen LogP contribution in [0.25, 0.3) is 0 Å². The van der Waals surface area contributed by atoms with Crippen LogP contribution in [0.15, 0.2) is 0 Å². The van der Waals surface area contributed by atoms with E-state index >= 15 is 0 Å². The van der Waals surface area contributed by atoms with Gasteiger partial charge in [0.25, 0.3) is 0 Å². The monoisotopic (exact) mass is 213 g/mol. The molecule has 0 aromatic carbocycles. The summed E-state index contributed by atoms with van der Waals surface area (Å²) in [5.74, 6) is 1.88. The second-order valence-corrected chi connectivity index (χ2v) is 5.05. The van der Waals surface area contributed by atoms with E-state index in [4.69, 9.17) is 4.74 Å². The number of hydrogen-bond donors (Lipinski definition) is 2. The molecule has 0 aliphatic heterocycles. The Morgan fingerprint density at radius 1 is 1.27 bits per heavy atom. The second kappa shape index (κ2) is 5.28. The van der Waals surface area contributed by atoms with Gasteiger partial charge in [-0.05, 0) is 50.5 Å². The Kier molecular flexibility index (Phi) is 4.00. The Morgan fingerprint density at radius 2 is 1.87 bits per heavy atom. The van der Waals surface area contributed by atoms with E-state index in [0.29, 0.717) is 6.61 Å². The van der Waals surface area contributed by atoms with Crippen LogP contribution >= 0.6 is 0 Å². The number of methoxy groups -OCH3 is 1. The van der Waals surface area contributed by atoms with Crippen molar-refractivity contribution < 1.29 is 9.84 Å². The molecule has 88 valence electrons. The molecule has 0 amide bonds. The molecular formula is C12H23NO2. The molecule has 0 aromatic rings. The third-order valence-corrected chi connectivity index (χ3v) is 3.48. The van der Waals surface area contributed by atoms with Gasteiger partial charge < -0.3 is 15.2 Å². The first kappa shape index (κ1) is 11.4. The van der Waals surface area contributed by atoms with Gasteiger partial charge in [-0.3, -0.25) is 0 Å². The molecule has 2 aliphatic carbocycles. The first-order chi connectivity index (χ1) is 7.31. The lowest BCUT2D eigenvalue weighted by molar-refractivity contribution is 0.0587. The quantitative estimate of drug-likeness (QED) is 0.636. The lowest BCUT2D eigenvalue weighted by Crippen LogP contribution is -2.35. The molecule has 1 unspecified atom stereocenters. The number of ether oxygens (including phenoxy) is 1. The first-order valence-electron chi connectivity index (χ1n) is 6.21. The zero-order valence-corrected chi connectivity index (χ0v) is 9.61. The maximum Gasteiger partial charge on any atom is 0.0785 e. The minimum atomic E-state index is -0.304. The molecule has 3 nitrogen and oxygen atoms in total. The summed E-state index contributed by atoms with van der Waals surface area (Å²) in [6, 6.07) is 0.750. The van der Waals surface area contributed by atoms with Gasteiger partial charge in [-0.1, -0.05) is 0 Å². The van der Waals surface area contributed by atoms with Crippen molar-refractivity contribution in [2.24, 2.45) is 11.8 Å². The summed E-state index contributed by atoms with van der Waals surface area (Å²) in [4.78, 5) is 0. The van der Waals surface area contributed by atoms with E-state index in [9.17, 15) is 5.11 Å². The molecule has 2 aliphatic rings. The number of rotatable bonds is 8. The van der Waals surface area contributed by atoms with Crippen molar-refractivity contribution in [3.8, 4) is 0 Å². The van der Waals surface area contributed by atoms with E-state index in [0.717, 1.165) is 30.8 Å². The number of hydrogen-bond acceptors (Lipinski definition) is 3. The van der Waals surface area contributed by atoms with Crippen LogP contribution in [0.1, 0.15) is 32.1 Å². The van der Waals surface area contributed by atoms with Crippen molar-refractivity contribution in [3.63, 3.8) is 0 Å². The largest absolute Gasteiger partial charge is 0.391 e. The molecule has 3 heteroatoms. The molecule has 0 spiro atoms. The average Bonchev–Trinajstić information content (AvgIpc) is 3.03. The fraction of sp³-hybridized carbons (Fsp3) is 1.00. The Balaban J connectivity index is 1.58. The van der Waals surface area contributed by atoms with E-state index in [2.05, 4.69) is 5.32 Å². The average molecular weight is 213 g/mol. The minimum absolute atomic E-state index is 0.304. The van der Waals surface area contributed by atoms with Crippen LogP contribution in [0.2, 0.25) is 0 Å². The molecule has 0 bridgehead atoms. The Morgan fingerprint density at radius 3 is 2.33 bits per heavy atom. The highest BCUT2D eigenvalue weighted by Crippen LogP contribution is 2.44. The standard InChI is InChI=1S/C12H23NO2/c1-15-8-11(14)6-7-13-12(9-2-3-9)10-4-5-10/h9-14H,2-8H2,1H3. The highest BCUT2D eigenvalue weighted by molar-refractivity contribution is 4.96. The minimum Gasteiger partial charge on any atom is -0.391 e. The van der Waals surface area contributed by atoms with E-state index < -0.39 is 0 Å². The number of aliphatic hydroxyl groups excluding tert-OH is 1. The van der Waals surface area contributed by atoms with Crippen molar-refractivity contribution in [2.45, 2.75) is 44.2 Å². The summed E-state index contributed by atoms with van der Waals surface area (Å²) in [7, 11) is 1.63. The third-order valence-electron chi connectivity index (χ3n) is 3.48. The van der Waals surface area contributed by atoms with Crippen molar-refractivity contribution in [3.05, 3.63) is 0 Å². The summed E-state index contributed by atoms with van der Waals surface area (Å²) in [5.41, 5.74) is 0. The highest BCUT2D eigenvalue weighted by Gasteiger charge is 2.40. The lowest BCUT2D eigenvalue weighted by atomic mass is 10.1. The number of aliphatic hydroxyl groups is 1. The van der Waals surface area contributed by atoms with Gasteiger partial charge in [0.1, 0.15) is 0 Å². The summed E-state index contributed by atoms with van der Waals surface area (Å²) >= 11 is 0. The van der Waals surface area contributed by atoms with Gasteiger partial charge in [0.15, 0.2) is 0 Å². The molecule has 2 rings (SSSR count). The van der Waals surface area contributed by atoms with E-state index in [1.54, 1.807) is 7.11 Å². The van der Waals surface area contributed by atoms with Gasteiger partial charge in [-0.15, -0.1) is 0 Å². The van der Waals surface area contributed by atoms with Gasteiger partial charge in [0.2, 0.25) is 0 Å². The van der Waals surface area contributed by atoms with Gasteiger partial charge in [-0.2, -0.15) is 0 Å². The predicted octanol–water partition coefficient (Wildman–Crippen LogP) is 1.16. The fourth-order valence-corrected chi connectivity index (χ4v) is 2.32. The van der Waals surface area contributed by atoms with Crippen LogP contribution in [0.3, 0.4) is 0 Å². The lowest BCUT2D eigenvalue weighted by Gasteiger charge is -2.18. The van der Waals surface area contributed by atoms with Gasteiger partial charge >= 0.3 is 0 Å². The number of nitrogens with one attached hydrogen (secondary N) is 1. The summed E-state index contributed by atoms with van der Waals surface area (Å²) in [6.45, 7) is 1.39. The predicted molar refractivity (Wildman–Crippen MR) is 59.7 cm³/mol. The SMILES string of the molecule is COCC(O)CCNC(C1CC1)C1CC1. The molecule has 2 fully saturated rings. The van der Waals surface area contributed by atoms with Crippen molar-refractivity contribution in [1.29, 1.82) is 0 Å². The molecule has 2 N–H and O–H groups in total. The van der Waals surface area contributed by atoms with Crippen molar-refractivity contribution >= 4 is 0 Å². The molecule has 1 atom stereocenters. The van der Waals surface area contributed by atoms with Crippen LogP contribution in [0, 0.1) is 11.8 Å². The Bertz CT molecular complexity index is 178. The third kappa shape index (κ3) is 3.74. The smallest absolute Gasteiger partial charge is 0.0785 e. The molecule has 0 saturated heterocycles. The molecule has 2 saturated carbocycles. The van der Waals surface area contributed by atoms with E-state index in [1.165, 1.54) is 25.7 Å². The van der Waals surface area contributed by atoms with Crippen molar-refractivity contribution in [1.82, 2.24) is 5.32 Å². The van der Waals surface area contributed by atoms with Crippen LogP contribution in [0.5, 0.6) is 0 Å². The summed E-state index contributed by atoms with van der Waals surface area (Å²) in [5, 5.41) is 13.1. The zero-order valence-electron chi connectivity index (χ0n) is 9.61. The highest BCUT2D eigenvalue weighted by atomic mass is 16.5.